The molecule has 0 saturated carbocycles. The lowest BCUT2D eigenvalue weighted by Gasteiger charge is -2.12. The summed E-state index contributed by atoms with van der Waals surface area (Å²) < 4.78 is 5.29. The standard InChI is InChI=1S/C12H15ClO3/c1-3-9(12(14)15)8-5-6-11(16-4-2)10(13)7-8/h5-7,9H,3-4H2,1-2H3,(H,14,15). The molecule has 1 unspecified atom stereocenters. The zero-order chi connectivity index (χ0) is 12.1. The van der Waals surface area contributed by atoms with Gasteiger partial charge in [-0.3, -0.25) is 4.79 Å². The summed E-state index contributed by atoms with van der Waals surface area (Å²) in [4.78, 5) is 11.0. The maximum absolute atomic E-state index is 11.0. The molecule has 1 N–H and O–H groups in total. The molecule has 0 radical (unpaired) electrons. The Morgan fingerprint density at radius 1 is 1.50 bits per heavy atom. The van der Waals surface area contributed by atoms with Crippen LogP contribution >= 0.6 is 11.6 Å². The number of benzene rings is 1. The van der Waals surface area contributed by atoms with Crippen LogP contribution in [0.2, 0.25) is 5.02 Å². The number of rotatable bonds is 5. The van der Waals surface area contributed by atoms with Gasteiger partial charge in [0.1, 0.15) is 5.75 Å². The lowest BCUT2D eigenvalue weighted by molar-refractivity contribution is -0.138. The minimum Gasteiger partial charge on any atom is -0.492 e. The van der Waals surface area contributed by atoms with Crippen molar-refractivity contribution in [2.45, 2.75) is 26.2 Å². The van der Waals surface area contributed by atoms with E-state index in [1.54, 1.807) is 18.2 Å². The molecule has 16 heavy (non-hydrogen) atoms. The largest absolute Gasteiger partial charge is 0.492 e. The number of aliphatic carboxylic acids is 1. The molecule has 1 atom stereocenters. The summed E-state index contributed by atoms with van der Waals surface area (Å²) in [7, 11) is 0. The van der Waals surface area contributed by atoms with E-state index in [2.05, 4.69) is 0 Å². The second-order valence-corrected chi connectivity index (χ2v) is 3.83. The quantitative estimate of drug-likeness (QED) is 0.862. The van der Waals surface area contributed by atoms with Gasteiger partial charge in [0.25, 0.3) is 0 Å². The molecule has 4 heteroatoms. The van der Waals surface area contributed by atoms with Gasteiger partial charge in [0.05, 0.1) is 17.5 Å². The van der Waals surface area contributed by atoms with Crippen LogP contribution in [0, 0.1) is 0 Å². The fraction of sp³-hybridized carbons (Fsp3) is 0.417. The molecule has 1 aromatic rings. The number of carboxylic acids is 1. The SMILES string of the molecule is CCOc1ccc(C(CC)C(=O)O)cc1Cl. The second-order valence-electron chi connectivity index (χ2n) is 3.42. The lowest BCUT2D eigenvalue weighted by atomic mass is 9.97. The van der Waals surface area contributed by atoms with Crippen molar-refractivity contribution in [2.75, 3.05) is 6.61 Å². The molecule has 0 aromatic heterocycles. The molecular weight excluding hydrogens is 228 g/mol. The van der Waals surface area contributed by atoms with E-state index >= 15 is 0 Å². The first-order valence-corrected chi connectivity index (χ1v) is 5.63. The Morgan fingerprint density at radius 3 is 2.62 bits per heavy atom. The Labute approximate surface area is 100.0 Å². The van der Waals surface area contributed by atoms with Gasteiger partial charge in [-0.2, -0.15) is 0 Å². The van der Waals surface area contributed by atoms with Crippen molar-refractivity contribution in [3.05, 3.63) is 28.8 Å². The maximum Gasteiger partial charge on any atom is 0.310 e. The monoisotopic (exact) mass is 242 g/mol. The minimum atomic E-state index is -0.831. The molecule has 1 aromatic carbocycles. The molecule has 3 nitrogen and oxygen atoms in total. The van der Waals surface area contributed by atoms with E-state index in [0.717, 1.165) is 0 Å². The molecule has 0 aliphatic heterocycles. The van der Waals surface area contributed by atoms with Crippen LogP contribution in [0.15, 0.2) is 18.2 Å². The third kappa shape index (κ3) is 2.89. The summed E-state index contributed by atoms with van der Waals surface area (Å²) in [5, 5.41) is 9.47. The smallest absolute Gasteiger partial charge is 0.310 e. The van der Waals surface area contributed by atoms with Gasteiger partial charge >= 0.3 is 5.97 Å². The van der Waals surface area contributed by atoms with Crippen molar-refractivity contribution in [3.63, 3.8) is 0 Å². The normalized spacial score (nSPS) is 12.2. The predicted octanol–water partition coefficient (Wildman–Crippen LogP) is 3.32. The Kier molecular flexibility index (Phi) is 4.62. The molecule has 0 saturated heterocycles. The van der Waals surface area contributed by atoms with Crippen LogP contribution in [0.1, 0.15) is 31.7 Å². The van der Waals surface area contributed by atoms with E-state index in [0.29, 0.717) is 29.4 Å². The zero-order valence-electron chi connectivity index (χ0n) is 9.37. The van der Waals surface area contributed by atoms with E-state index in [1.807, 2.05) is 13.8 Å². The zero-order valence-corrected chi connectivity index (χ0v) is 10.1. The van der Waals surface area contributed by atoms with Gasteiger partial charge in [0.15, 0.2) is 0 Å². The number of carbonyl (C=O) groups is 1. The predicted molar refractivity (Wildman–Crippen MR) is 63.3 cm³/mol. The topological polar surface area (TPSA) is 46.5 Å². The number of ether oxygens (including phenoxy) is 1. The Bertz CT molecular complexity index is 377. The van der Waals surface area contributed by atoms with Crippen LogP contribution in [-0.2, 0) is 4.79 Å². The Balaban J connectivity index is 2.99. The first-order valence-electron chi connectivity index (χ1n) is 5.25. The van der Waals surface area contributed by atoms with Crippen molar-refractivity contribution in [2.24, 2.45) is 0 Å². The van der Waals surface area contributed by atoms with E-state index in [-0.39, 0.29) is 0 Å². The number of hydrogen-bond acceptors (Lipinski definition) is 2. The van der Waals surface area contributed by atoms with Crippen LogP contribution in [0.4, 0.5) is 0 Å². The summed E-state index contributed by atoms with van der Waals surface area (Å²) in [5.41, 5.74) is 0.712. The molecule has 0 aliphatic carbocycles. The Hall–Kier alpha value is -1.22. The van der Waals surface area contributed by atoms with Crippen molar-refractivity contribution < 1.29 is 14.6 Å². The number of halogens is 1. The van der Waals surface area contributed by atoms with Crippen molar-refractivity contribution >= 4 is 17.6 Å². The molecular formula is C12H15ClO3. The minimum absolute atomic E-state index is 0.457. The maximum atomic E-state index is 11.0. The summed E-state index contributed by atoms with van der Waals surface area (Å²) in [6.07, 6.45) is 0.541. The highest BCUT2D eigenvalue weighted by atomic mass is 35.5. The van der Waals surface area contributed by atoms with E-state index < -0.39 is 11.9 Å². The van der Waals surface area contributed by atoms with Crippen LogP contribution in [-0.4, -0.2) is 17.7 Å². The van der Waals surface area contributed by atoms with Gasteiger partial charge in [-0.15, -0.1) is 0 Å². The molecule has 0 heterocycles. The fourth-order valence-corrected chi connectivity index (χ4v) is 1.80. The summed E-state index contributed by atoms with van der Waals surface area (Å²) in [5.74, 6) is -0.746. The fourth-order valence-electron chi connectivity index (χ4n) is 1.56. The van der Waals surface area contributed by atoms with E-state index in [4.69, 9.17) is 21.4 Å². The summed E-state index contributed by atoms with van der Waals surface area (Å²) >= 11 is 6.00. The van der Waals surface area contributed by atoms with E-state index in [9.17, 15) is 4.79 Å². The van der Waals surface area contributed by atoms with Gasteiger partial charge in [-0.05, 0) is 31.0 Å². The molecule has 0 amide bonds. The van der Waals surface area contributed by atoms with Crippen LogP contribution < -0.4 is 4.74 Å². The number of hydrogen-bond donors (Lipinski definition) is 1. The van der Waals surface area contributed by atoms with Gasteiger partial charge in [0.2, 0.25) is 0 Å². The molecule has 0 fully saturated rings. The molecule has 88 valence electrons. The Morgan fingerprint density at radius 2 is 2.19 bits per heavy atom. The first-order chi connectivity index (χ1) is 7.60. The van der Waals surface area contributed by atoms with Crippen molar-refractivity contribution in [1.82, 2.24) is 0 Å². The highest BCUT2D eigenvalue weighted by Crippen LogP contribution is 2.29. The third-order valence-corrected chi connectivity index (χ3v) is 2.66. The highest BCUT2D eigenvalue weighted by Gasteiger charge is 2.18. The van der Waals surface area contributed by atoms with Gasteiger partial charge in [-0.1, -0.05) is 24.6 Å². The van der Waals surface area contributed by atoms with Gasteiger partial charge in [-0.25, -0.2) is 0 Å². The first kappa shape index (κ1) is 12.8. The lowest BCUT2D eigenvalue weighted by Crippen LogP contribution is -2.10. The molecule has 0 spiro atoms. The van der Waals surface area contributed by atoms with Gasteiger partial charge in [0, 0.05) is 0 Å². The molecule has 0 bridgehead atoms. The van der Waals surface area contributed by atoms with Crippen LogP contribution in [0.5, 0.6) is 5.75 Å². The van der Waals surface area contributed by atoms with Crippen molar-refractivity contribution in [3.8, 4) is 5.75 Å². The third-order valence-electron chi connectivity index (χ3n) is 2.36. The summed E-state index contributed by atoms with van der Waals surface area (Å²) in [6, 6.07) is 5.13. The van der Waals surface area contributed by atoms with E-state index in [1.165, 1.54) is 0 Å². The summed E-state index contributed by atoms with van der Waals surface area (Å²) in [6.45, 7) is 4.24. The average Bonchev–Trinajstić information content (AvgIpc) is 2.22. The molecule has 0 aliphatic rings. The highest BCUT2D eigenvalue weighted by molar-refractivity contribution is 6.32. The second kappa shape index (κ2) is 5.75. The van der Waals surface area contributed by atoms with Crippen LogP contribution in [0.25, 0.3) is 0 Å². The van der Waals surface area contributed by atoms with Gasteiger partial charge < -0.3 is 9.84 Å². The van der Waals surface area contributed by atoms with Crippen LogP contribution in [0.3, 0.4) is 0 Å². The molecule has 1 rings (SSSR count). The average molecular weight is 243 g/mol. The number of carboxylic acid groups (broad SMARTS) is 1. The van der Waals surface area contributed by atoms with Crippen molar-refractivity contribution in [1.29, 1.82) is 0 Å².